The molecule has 2 aromatic carbocycles. The summed E-state index contributed by atoms with van der Waals surface area (Å²) in [5, 5.41) is 2.95. The predicted octanol–water partition coefficient (Wildman–Crippen LogP) is 4.67. The minimum absolute atomic E-state index is 0.0453. The molecule has 0 saturated carbocycles. The molecule has 4 nitrogen and oxygen atoms in total. The molecule has 0 fully saturated rings. The van der Waals surface area contributed by atoms with Crippen molar-refractivity contribution in [2.75, 3.05) is 12.3 Å². The van der Waals surface area contributed by atoms with E-state index in [1.54, 1.807) is 0 Å². The smallest absolute Gasteiger partial charge is 0.251 e. The van der Waals surface area contributed by atoms with Crippen LogP contribution in [0.2, 0.25) is 0 Å². The molecule has 0 aliphatic carbocycles. The van der Waals surface area contributed by atoms with Crippen LogP contribution in [0.5, 0.6) is 0 Å². The predicted molar refractivity (Wildman–Crippen MR) is 116 cm³/mol. The van der Waals surface area contributed by atoms with Crippen LogP contribution in [-0.4, -0.2) is 18.2 Å². The number of ketones is 1. The molecular weight excluding hydrogens is 348 g/mol. The van der Waals surface area contributed by atoms with E-state index in [2.05, 4.69) is 26.1 Å². The van der Waals surface area contributed by atoms with Gasteiger partial charge in [0.2, 0.25) is 0 Å². The first kappa shape index (κ1) is 21.7. The second kappa shape index (κ2) is 10.1. The van der Waals surface area contributed by atoms with Crippen molar-refractivity contribution in [3.05, 3.63) is 65.2 Å². The summed E-state index contributed by atoms with van der Waals surface area (Å²) in [5.74, 6) is 0.164. The fourth-order valence-electron chi connectivity index (χ4n) is 3.05. The van der Waals surface area contributed by atoms with Crippen LogP contribution >= 0.6 is 0 Å². The van der Waals surface area contributed by atoms with Gasteiger partial charge in [-0.3, -0.25) is 9.59 Å². The highest BCUT2D eigenvalue weighted by Gasteiger charge is 2.14. The first-order chi connectivity index (χ1) is 13.3. The Morgan fingerprint density at radius 2 is 1.61 bits per heavy atom. The van der Waals surface area contributed by atoms with Gasteiger partial charge in [-0.15, -0.1) is 0 Å². The summed E-state index contributed by atoms with van der Waals surface area (Å²) < 4.78 is 0. The number of hydrogen-bond donors (Lipinski definition) is 2. The fraction of sp³-hybridized carbons (Fsp3) is 0.417. The lowest BCUT2D eigenvalue weighted by molar-refractivity contribution is -0.118. The summed E-state index contributed by atoms with van der Waals surface area (Å²) in [4.78, 5) is 24.3. The van der Waals surface area contributed by atoms with E-state index in [1.165, 1.54) is 5.56 Å². The van der Waals surface area contributed by atoms with E-state index < -0.39 is 0 Å². The number of carbonyl (C=O) groups excluding carboxylic acids is 2. The number of nitrogens with two attached hydrogens (primary N) is 1. The number of para-hydroxylation sites is 1. The Kier molecular flexibility index (Phi) is 7.80. The topological polar surface area (TPSA) is 72.2 Å². The van der Waals surface area contributed by atoms with E-state index in [1.807, 2.05) is 48.5 Å². The van der Waals surface area contributed by atoms with Crippen molar-refractivity contribution in [2.24, 2.45) is 0 Å². The Morgan fingerprint density at radius 1 is 0.929 bits per heavy atom. The molecule has 0 unspecified atom stereocenters. The molecule has 28 heavy (non-hydrogen) atoms. The van der Waals surface area contributed by atoms with Crippen molar-refractivity contribution < 1.29 is 9.59 Å². The zero-order valence-electron chi connectivity index (χ0n) is 17.3. The minimum atomic E-state index is -0.0453. The first-order valence-electron chi connectivity index (χ1n) is 10.0. The average Bonchev–Trinajstić information content (AvgIpc) is 2.65. The number of hydrogen-bond acceptors (Lipinski definition) is 3. The van der Waals surface area contributed by atoms with Gasteiger partial charge in [0.1, 0.15) is 5.78 Å². The molecule has 0 aromatic heterocycles. The van der Waals surface area contributed by atoms with E-state index in [-0.39, 0.29) is 17.1 Å². The standard InChI is InChI=1S/C24H32N2O2/c1-24(2,3)20-14-12-18(13-15-20)23(28)26-16-8-4-5-10-21(27)17-19-9-6-7-11-22(19)25/h6-7,9,11-15H,4-5,8,10,16-17,25H2,1-3H3,(H,26,28). The largest absolute Gasteiger partial charge is 0.398 e. The van der Waals surface area contributed by atoms with Crippen LogP contribution in [0.25, 0.3) is 0 Å². The van der Waals surface area contributed by atoms with Gasteiger partial charge in [-0.05, 0) is 47.6 Å². The van der Waals surface area contributed by atoms with Crippen LogP contribution in [0.1, 0.15) is 67.9 Å². The number of carbonyl (C=O) groups is 2. The van der Waals surface area contributed by atoms with Crippen LogP contribution in [0.4, 0.5) is 5.69 Å². The van der Waals surface area contributed by atoms with Gasteiger partial charge in [-0.25, -0.2) is 0 Å². The molecule has 4 heteroatoms. The monoisotopic (exact) mass is 380 g/mol. The Balaban J connectivity index is 1.63. The van der Waals surface area contributed by atoms with Gasteiger partial charge >= 0.3 is 0 Å². The summed E-state index contributed by atoms with van der Waals surface area (Å²) in [6, 6.07) is 15.3. The molecule has 0 radical (unpaired) electrons. The van der Waals surface area contributed by atoms with Crippen molar-refractivity contribution in [1.29, 1.82) is 0 Å². The molecule has 0 spiro atoms. The number of unbranched alkanes of at least 4 members (excludes halogenated alkanes) is 2. The second-order valence-corrected chi connectivity index (χ2v) is 8.31. The third-order valence-electron chi connectivity index (χ3n) is 4.87. The van der Waals surface area contributed by atoms with Crippen LogP contribution in [0.15, 0.2) is 48.5 Å². The van der Waals surface area contributed by atoms with Crippen LogP contribution < -0.4 is 11.1 Å². The number of nitrogen functional groups attached to an aromatic ring is 1. The highest BCUT2D eigenvalue weighted by atomic mass is 16.1. The van der Waals surface area contributed by atoms with E-state index in [0.717, 1.165) is 24.8 Å². The van der Waals surface area contributed by atoms with Gasteiger partial charge < -0.3 is 11.1 Å². The SMILES string of the molecule is CC(C)(C)c1ccc(C(=O)NCCCCCC(=O)Cc2ccccc2N)cc1. The third kappa shape index (κ3) is 6.84. The Hall–Kier alpha value is -2.62. The summed E-state index contributed by atoms with van der Waals surface area (Å²) in [6.45, 7) is 7.09. The van der Waals surface area contributed by atoms with Crippen LogP contribution in [0, 0.1) is 0 Å². The summed E-state index contributed by atoms with van der Waals surface area (Å²) in [5.41, 5.74) is 9.43. The minimum Gasteiger partial charge on any atom is -0.398 e. The first-order valence-corrected chi connectivity index (χ1v) is 10.0. The van der Waals surface area contributed by atoms with E-state index in [0.29, 0.717) is 30.6 Å². The lowest BCUT2D eigenvalue weighted by Crippen LogP contribution is -2.24. The van der Waals surface area contributed by atoms with Crippen molar-refractivity contribution in [3.8, 4) is 0 Å². The Labute approximate surface area is 168 Å². The van der Waals surface area contributed by atoms with E-state index in [9.17, 15) is 9.59 Å². The Morgan fingerprint density at radius 3 is 2.25 bits per heavy atom. The number of anilines is 1. The highest BCUT2D eigenvalue weighted by molar-refractivity contribution is 5.94. The molecular formula is C24H32N2O2. The zero-order chi connectivity index (χ0) is 20.6. The molecule has 0 aliphatic rings. The van der Waals surface area contributed by atoms with Crippen molar-refractivity contribution in [1.82, 2.24) is 5.32 Å². The van der Waals surface area contributed by atoms with Crippen LogP contribution in [0.3, 0.4) is 0 Å². The van der Waals surface area contributed by atoms with Gasteiger partial charge in [-0.2, -0.15) is 0 Å². The molecule has 3 N–H and O–H groups in total. The van der Waals surface area contributed by atoms with Gasteiger partial charge in [-0.1, -0.05) is 57.5 Å². The molecule has 2 aromatic rings. The fourth-order valence-corrected chi connectivity index (χ4v) is 3.05. The van der Waals surface area contributed by atoms with Crippen molar-refractivity contribution in [3.63, 3.8) is 0 Å². The summed E-state index contributed by atoms with van der Waals surface area (Å²) in [6.07, 6.45) is 3.57. The maximum absolute atomic E-state index is 12.2. The summed E-state index contributed by atoms with van der Waals surface area (Å²) >= 11 is 0. The number of benzene rings is 2. The van der Waals surface area contributed by atoms with Crippen LogP contribution in [-0.2, 0) is 16.6 Å². The lowest BCUT2D eigenvalue weighted by atomic mass is 9.87. The van der Waals surface area contributed by atoms with Gasteiger partial charge in [0.15, 0.2) is 0 Å². The molecule has 0 atom stereocenters. The molecule has 1 amide bonds. The molecule has 2 rings (SSSR count). The third-order valence-corrected chi connectivity index (χ3v) is 4.87. The molecule has 0 bridgehead atoms. The number of Topliss-reactive ketones (excluding diaryl/α,β-unsaturated/α-hetero) is 1. The highest BCUT2D eigenvalue weighted by Crippen LogP contribution is 2.22. The van der Waals surface area contributed by atoms with Crippen molar-refractivity contribution >= 4 is 17.4 Å². The number of nitrogens with one attached hydrogen (secondary N) is 1. The summed E-state index contributed by atoms with van der Waals surface area (Å²) in [7, 11) is 0. The number of rotatable bonds is 9. The van der Waals surface area contributed by atoms with E-state index >= 15 is 0 Å². The molecule has 0 aliphatic heterocycles. The van der Waals surface area contributed by atoms with E-state index in [4.69, 9.17) is 5.73 Å². The maximum atomic E-state index is 12.2. The maximum Gasteiger partial charge on any atom is 0.251 e. The zero-order valence-corrected chi connectivity index (χ0v) is 17.3. The Bertz CT molecular complexity index is 789. The number of amides is 1. The van der Waals surface area contributed by atoms with Gasteiger partial charge in [0, 0.05) is 30.6 Å². The molecule has 0 heterocycles. The van der Waals surface area contributed by atoms with Crippen molar-refractivity contribution in [2.45, 2.75) is 58.3 Å². The molecule has 150 valence electrons. The normalized spacial score (nSPS) is 11.2. The van der Waals surface area contributed by atoms with Gasteiger partial charge in [0.25, 0.3) is 5.91 Å². The molecule has 0 saturated heterocycles. The lowest BCUT2D eigenvalue weighted by Gasteiger charge is -2.19. The van der Waals surface area contributed by atoms with Gasteiger partial charge in [0.05, 0.1) is 0 Å². The average molecular weight is 381 g/mol. The second-order valence-electron chi connectivity index (χ2n) is 8.31. The quantitative estimate of drug-likeness (QED) is 0.490.